The molecule has 5 heteroatoms. The second-order valence-electron chi connectivity index (χ2n) is 4.87. The molecule has 0 aliphatic heterocycles. The lowest BCUT2D eigenvalue weighted by atomic mass is 10.1. The van der Waals surface area contributed by atoms with Crippen molar-refractivity contribution in [1.29, 1.82) is 0 Å². The van der Waals surface area contributed by atoms with Gasteiger partial charge in [0.05, 0.1) is 0 Å². The molecule has 0 fully saturated rings. The highest BCUT2D eigenvalue weighted by Crippen LogP contribution is 2.23. The molecule has 0 saturated carbocycles. The Hall–Kier alpha value is -3.08. The van der Waals surface area contributed by atoms with E-state index in [-0.39, 0.29) is 17.4 Å². The van der Waals surface area contributed by atoms with Gasteiger partial charge < -0.3 is 14.8 Å². The summed E-state index contributed by atoms with van der Waals surface area (Å²) in [5.74, 6) is -0.0317. The molecule has 0 saturated heterocycles. The van der Waals surface area contributed by atoms with Crippen LogP contribution in [0.1, 0.15) is 26.5 Å². The van der Waals surface area contributed by atoms with Gasteiger partial charge in [-0.3, -0.25) is 9.59 Å². The number of carbonyl (C=O) groups excluding carboxylic acids is 2. The quantitative estimate of drug-likeness (QED) is 0.725. The molecule has 0 aliphatic carbocycles. The van der Waals surface area contributed by atoms with E-state index in [0.717, 1.165) is 11.8 Å². The summed E-state index contributed by atoms with van der Waals surface area (Å²) in [6.45, 7) is 0.334. The third kappa shape index (κ3) is 2.83. The van der Waals surface area contributed by atoms with E-state index in [4.69, 9.17) is 4.42 Å². The lowest BCUT2D eigenvalue weighted by Crippen LogP contribution is -2.22. The van der Waals surface area contributed by atoms with Crippen LogP contribution in [-0.4, -0.2) is 17.3 Å². The minimum Gasteiger partial charge on any atom is -0.508 e. The first-order valence-electron chi connectivity index (χ1n) is 6.70. The number of rotatable bonds is 4. The molecule has 0 spiro atoms. The van der Waals surface area contributed by atoms with Crippen molar-refractivity contribution < 1.29 is 19.1 Å². The summed E-state index contributed by atoms with van der Waals surface area (Å²) in [5, 5.41) is 12.8. The van der Waals surface area contributed by atoms with Gasteiger partial charge in [0.25, 0.3) is 5.91 Å². The number of phenols is 1. The number of nitrogens with one attached hydrogen (secondary N) is 1. The molecule has 2 aromatic carbocycles. The molecule has 0 radical (unpaired) electrons. The minimum absolute atomic E-state index is 0.121. The molecule has 1 heterocycles. The number of benzene rings is 2. The van der Waals surface area contributed by atoms with Gasteiger partial charge in [-0.05, 0) is 29.8 Å². The van der Waals surface area contributed by atoms with Crippen LogP contribution < -0.4 is 5.32 Å². The van der Waals surface area contributed by atoms with Crippen LogP contribution in [0.15, 0.2) is 52.9 Å². The Kier molecular flexibility index (Phi) is 3.62. The average molecular weight is 295 g/mol. The molecular weight excluding hydrogens is 282 g/mol. The van der Waals surface area contributed by atoms with Crippen LogP contribution in [0.25, 0.3) is 11.0 Å². The highest BCUT2D eigenvalue weighted by atomic mass is 16.3. The van der Waals surface area contributed by atoms with Crippen LogP contribution in [-0.2, 0) is 6.54 Å². The monoisotopic (exact) mass is 295 g/mol. The topological polar surface area (TPSA) is 79.5 Å². The largest absolute Gasteiger partial charge is 0.508 e. The standard InChI is InChI=1S/C17H13NO4/c19-10-12-3-1-11(2-4-12)9-18-17(21)16-8-13-7-14(20)5-6-15(13)22-16/h1-8,10,20H,9H2,(H,18,21). The number of aldehydes is 1. The highest BCUT2D eigenvalue weighted by Gasteiger charge is 2.12. The molecule has 110 valence electrons. The van der Waals surface area contributed by atoms with E-state index in [1.807, 2.05) is 0 Å². The fourth-order valence-electron chi connectivity index (χ4n) is 2.13. The van der Waals surface area contributed by atoms with Crippen molar-refractivity contribution in [1.82, 2.24) is 5.32 Å². The Labute approximate surface area is 126 Å². The number of aromatic hydroxyl groups is 1. The maximum Gasteiger partial charge on any atom is 0.287 e. The molecule has 1 aromatic heterocycles. The average Bonchev–Trinajstić information content (AvgIpc) is 2.96. The van der Waals surface area contributed by atoms with Crippen LogP contribution in [0, 0.1) is 0 Å². The minimum atomic E-state index is -0.338. The van der Waals surface area contributed by atoms with Crippen LogP contribution in [0.5, 0.6) is 5.75 Å². The summed E-state index contributed by atoms with van der Waals surface area (Å²) in [4.78, 5) is 22.7. The molecule has 0 atom stereocenters. The second kappa shape index (κ2) is 5.73. The van der Waals surface area contributed by atoms with Gasteiger partial charge in [-0.15, -0.1) is 0 Å². The van der Waals surface area contributed by atoms with Crippen molar-refractivity contribution in [3.63, 3.8) is 0 Å². The van der Waals surface area contributed by atoms with E-state index in [1.165, 1.54) is 12.1 Å². The summed E-state index contributed by atoms with van der Waals surface area (Å²) < 4.78 is 5.44. The molecule has 5 nitrogen and oxygen atoms in total. The zero-order valence-corrected chi connectivity index (χ0v) is 11.6. The highest BCUT2D eigenvalue weighted by molar-refractivity contribution is 5.96. The second-order valence-corrected chi connectivity index (χ2v) is 4.87. The smallest absolute Gasteiger partial charge is 0.287 e. The molecule has 2 N–H and O–H groups in total. The summed E-state index contributed by atoms with van der Waals surface area (Å²) >= 11 is 0. The molecule has 3 aromatic rings. The fraction of sp³-hybridized carbons (Fsp3) is 0.0588. The SMILES string of the molecule is O=Cc1ccc(CNC(=O)c2cc3cc(O)ccc3o2)cc1. The van der Waals surface area contributed by atoms with Gasteiger partial charge in [0.2, 0.25) is 0 Å². The number of hydrogen-bond donors (Lipinski definition) is 2. The van der Waals surface area contributed by atoms with Crippen LogP contribution in [0.2, 0.25) is 0 Å². The van der Waals surface area contributed by atoms with Gasteiger partial charge in [-0.1, -0.05) is 24.3 Å². The maximum absolute atomic E-state index is 12.1. The number of phenolic OH excluding ortho intramolecular Hbond substituents is 1. The third-order valence-electron chi connectivity index (χ3n) is 3.29. The first-order chi connectivity index (χ1) is 10.7. The van der Waals surface area contributed by atoms with Gasteiger partial charge in [0, 0.05) is 17.5 Å². The van der Waals surface area contributed by atoms with Gasteiger partial charge in [-0.2, -0.15) is 0 Å². The molecule has 0 aliphatic rings. The zero-order chi connectivity index (χ0) is 15.5. The Morgan fingerprint density at radius 3 is 2.64 bits per heavy atom. The Balaban J connectivity index is 1.71. The van der Waals surface area contributed by atoms with E-state index < -0.39 is 0 Å². The van der Waals surface area contributed by atoms with Gasteiger partial charge in [0.15, 0.2) is 5.76 Å². The van der Waals surface area contributed by atoms with Gasteiger partial charge in [-0.25, -0.2) is 0 Å². The molecule has 22 heavy (non-hydrogen) atoms. The van der Waals surface area contributed by atoms with Crippen molar-refractivity contribution in [3.8, 4) is 5.75 Å². The number of furan rings is 1. The van der Waals surface area contributed by atoms with E-state index >= 15 is 0 Å². The summed E-state index contributed by atoms with van der Waals surface area (Å²) in [7, 11) is 0. The normalized spacial score (nSPS) is 10.5. The van der Waals surface area contributed by atoms with Crippen molar-refractivity contribution in [2.75, 3.05) is 0 Å². The number of hydrogen-bond acceptors (Lipinski definition) is 4. The number of fused-ring (bicyclic) bond motifs is 1. The van der Waals surface area contributed by atoms with Gasteiger partial charge in [0.1, 0.15) is 17.6 Å². The van der Waals surface area contributed by atoms with E-state index in [9.17, 15) is 14.7 Å². The summed E-state index contributed by atoms with van der Waals surface area (Å²) in [5.41, 5.74) is 2.01. The van der Waals surface area contributed by atoms with Gasteiger partial charge >= 0.3 is 0 Å². The number of amides is 1. The summed E-state index contributed by atoms with van der Waals surface area (Å²) in [6.07, 6.45) is 0.770. The van der Waals surface area contributed by atoms with Crippen molar-refractivity contribution >= 4 is 23.2 Å². The predicted octanol–water partition coefficient (Wildman–Crippen LogP) is 2.88. The summed E-state index contributed by atoms with van der Waals surface area (Å²) in [6, 6.07) is 13.2. The lowest BCUT2D eigenvalue weighted by molar-refractivity contribution is 0.0925. The Morgan fingerprint density at radius 1 is 1.14 bits per heavy atom. The van der Waals surface area contributed by atoms with Crippen LogP contribution in [0.4, 0.5) is 0 Å². The first-order valence-corrected chi connectivity index (χ1v) is 6.70. The molecule has 0 unspecified atom stereocenters. The molecule has 3 rings (SSSR count). The lowest BCUT2D eigenvalue weighted by Gasteiger charge is -2.03. The van der Waals surface area contributed by atoms with E-state index in [0.29, 0.717) is 23.1 Å². The Morgan fingerprint density at radius 2 is 1.91 bits per heavy atom. The predicted molar refractivity (Wildman–Crippen MR) is 80.9 cm³/mol. The van der Waals surface area contributed by atoms with Crippen LogP contribution >= 0.6 is 0 Å². The van der Waals surface area contributed by atoms with E-state index in [2.05, 4.69) is 5.32 Å². The molecule has 0 bridgehead atoms. The Bertz CT molecular complexity index is 833. The zero-order valence-electron chi connectivity index (χ0n) is 11.6. The van der Waals surface area contributed by atoms with E-state index in [1.54, 1.807) is 36.4 Å². The molecule has 1 amide bonds. The van der Waals surface area contributed by atoms with Crippen LogP contribution in [0.3, 0.4) is 0 Å². The van der Waals surface area contributed by atoms with Crippen molar-refractivity contribution in [2.45, 2.75) is 6.54 Å². The third-order valence-corrected chi connectivity index (χ3v) is 3.29. The molecular formula is C17H13NO4. The maximum atomic E-state index is 12.1. The number of carbonyl (C=O) groups is 2. The van der Waals surface area contributed by atoms with Crippen molar-refractivity contribution in [2.24, 2.45) is 0 Å². The first kappa shape index (κ1) is 13.9. The van der Waals surface area contributed by atoms with Crippen molar-refractivity contribution in [3.05, 3.63) is 65.4 Å². The fourth-order valence-corrected chi connectivity index (χ4v) is 2.13.